The lowest BCUT2D eigenvalue weighted by molar-refractivity contribution is 0.146. The highest BCUT2D eigenvalue weighted by molar-refractivity contribution is 7.10. The fourth-order valence-corrected chi connectivity index (χ4v) is 1.59. The maximum Gasteiger partial charge on any atom is 0.104 e. The maximum atomic E-state index is 9.47. The zero-order chi connectivity index (χ0) is 8.27. The molecule has 0 radical (unpaired) electrons. The molecule has 0 bridgehead atoms. The van der Waals surface area contributed by atoms with Crippen molar-refractivity contribution in [2.75, 3.05) is 0 Å². The Kier molecular flexibility index (Phi) is 2.64. The lowest BCUT2D eigenvalue weighted by Gasteiger charge is -2.08. The van der Waals surface area contributed by atoms with Crippen molar-refractivity contribution in [2.45, 2.75) is 13.0 Å². The Morgan fingerprint density at radius 1 is 1.73 bits per heavy atom. The lowest BCUT2D eigenvalue weighted by Crippen LogP contribution is -2.04. The number of rotatable bonds is 2. The van der Waals surface area contributed by atoms with Crippen LogP contribution < -0.4 is 0 Å². The van der Waals surface area contributed by atoms with Crippen molar-refractivity contribution in [1.82, 2.24) is 0 Å². The van der Waals surface area contributed by atoms with E-state index in [0.29, 0.717) is 0 Å². The van der Waals surface area contributed by atoms with Gasteiger partial charge in [-0.15, -0.1) is 11.3 Å². The molecule has 1 N–H and O–H groups in total. The summed E-state index contributed by atoms with van der Waals surface area (Å²) < 4.78 is 0. The van der Waals surface area contributed by atoms with Crippen LogP contribution in [0.3, 0.4) is 0 Å². The zero-order valence-electron chi connectivity index (χ0n) is 6.19. The van der Waals surface area contributed by atoms with Crippen LogP contribution in [0.1, 0.15) is 17.9 Å². The molecule has 0 aromatic carbocycles. The summed E-state index contributed by atoms with van der Waals surface area (Å²) in [6.45, 7) is 1.71. The SMILES string of the molecule is CC(C#N)C(O)c1cccs1. The van der Waals surface area contributed by atoms with Gasteiger partial charge in [-0.05, 0) is 18.4 Å². The molecule has 0 aliphatic carbocycles. The second-order valence-electron chi connectivity index (χ2n) is 2.38. The number of aliphatic hydroxyl groups is 1. The van der Waals surface area contributed by atoms with Gasteiger partial charge in [-0.3, -0.25) is 0 Å². The number of hydrogen-bond acceptors (Lipinski definition) is 3. The summed E-state index contributed by atoms with van der Waals surface area (Å²) in [5, 5.41) is 19.9. The molecule has 3 heteroatoms. The van der Waals surface area contributed by atoms with Gasteiger partial charge >= 0.3 is 0 Å². The summed E-state index contributed by atoms with van der Waals surface area (Å²) in [7, 11) is 0. The minimum Gasteiger partial charge on any atom is -0.386 e. The van der Waals surface area contributed by atoms with Crippen molar-refractivity contribution in [3.8, 4) is 6.07 Å². The molecule has 2 nitrogen and oxygen atoms in total. The molecule has 58 valence electrons. The Morgan fingerprint density at radius 2 is 2.45 bits per heavy atom. The summed E-state index contributed by atoms with van der Waals surface area (Å²) in [6.07, 6.45) is -0.625. The second kappa shape index (κ2) is 3.51. The standard InChI is InChI=1S/C8H9NOS/c1-6(5-9)8(10)7-3-2-4-11-7/h2-4,6,8,10H,1H3. The molecule has 11 heavy (non-hydrogen) atoms. The van der Waals surface area contributed by atoms with E-state index in [2.05, 4.69) is 0 Å². The molecular formula is C8H9NOS. The van der Waals surface area contributed by atoms with Gasteiger partial charge in [0.05, 0.1) is 12.0 Å². The summed E-state index contributed by atoms with van der Waals surface area (Å²) in [6, 6.07) is 5.71. The van der Waals surface area contributed by atoms with Crippen LogP contribution >= 0.6 is 11.3 Å². The topological polar surface area (TPSA) is 44.0 Å². The number of nitrogens with zero attached hydrogens (tertiary/aromatic N) is 1. The normalized spacial score (nSPS) is 15.4. The van der Waals surface area contributed by atoms with E-state index >= 15 is 0 Å². The molecule has 1 rings (SSSR count). The van der Waals surface area contributed by atoms with Crippen molar-refractivity contribution in [3.63, 3.8) is 0 Å². The van der Waals surface area contributed by atoms with Crippen molar-refractivity contribution in [1.29, 1.82) is 5.26 Å². The Labute approximate surface area is 69.7 Å². The summed E-state index contributed by atoms with van der Waals surface area (Å²) in [5.41, 5.74) is 0. The van der Waals surface area contributed by atoms with Gasteiger partial charge < -0.3 is 5.11 Å². The number of hydrogen-bond donors (Lipinski definition) is 1. The molecule has 0 aliphatic heterocycles. The van der Waals surface area contributed by atoms with E-state index in [0.717, 1.165) is 4.88 Å². The molecule has 1 heterocycles. The predicted molar refractivity (Wildman–Crippen MR) is 44.1 cm³/mol. The first-order valence-electron chi connectivity index (χ1n) is 3.37. The first kappa shape index (κ1) is 8.25. The predicted octanol–water partition coefficient (Wildman–Crippen LogP) is 1.94. The molecule has 2 atom stereocenters. The van der Waals surface area contributed by atoms with E-state index in [4.69, 9.17) is 5.26 Å². The van der Waals surface area contributed by atoms with E-state index in [9.17, 15) is 5.11 Å². The maximum absolute atomic E-state index is 9.47. The van der Waals surface area contributed by atoms with Crippen molar-refractivity contribution in [3.05, 3.63) is 22.4 Å². The number of nitriles is 1. The van der Waals surface area contributed by atoms with Crippen LogP contribution in [-0.2, 0) is 0 Å². The third-order valence-corrected chi connectivity index (χ3v) is 2.45. The van der Waals surface area contributed by atoms with E-state index in [-0.39, 0.29) is 5.92 Å². The van der Waals surface area contributed by atoms with E-state index in [1.807, 2.05) is 23.6 Å². The zero-order valence-corrected chi connectivity index (χ0v) is 7.01. The largest absolute Gasteiger partial charge is 0.386 e. The quantitative estimate of drug-likeness (QED) is 0.731. The van der Waals surface area contributed by atoms with Gasteiger partial charge in [0.25, 0.3) is 0 Å². The third kappa shape index (κ3) is 1.79. The van der Waals surface area contributed by atoms with E-state index in [1.165, 1.54) is 11.3 Å². The van der Waals surface area contributed by atoms with Gasteiger partial charge in [0.15, 0.2) is 0 Å². The molecule has 2 unspecified atom stereocenters. The van der Waals surface area contributed by atoms with Crippen LogP contribution in [0.4, 0.5) is 0 Å². The van der Waals surface area contributed by atoms with Crippen molar-refractivity contribution in [2.24, 2.45) is 5.92 Å². The van der Waals surface area contributed by atoms with Gasteiger partial charge in [0, 0.05) is 4.88 Å². The van der Waals surface area contributed by atoms with Crippen molar-refractivity contribution >= 4 is 11.3 Å². The summed E-state index contributed by atoms with van der Waals surface area (Å²) in [5.74, 6) is -0.325. The molecular weight excluding hydrogens is 158 g/mol. The van der Waals surface area contributed by atoms with Gasteiger partial charge in [0.1, 0.15) is 6.10 Å². The molecule has 0 fully saturated rings. The van der Waals surface area contributed by atoms with Gasteiger partial charge in [0.2, 0.25) is 0 Å². The molecule has 1 aromatic rings. The lowest BCUT2D eigenvalue weighted by atomic mass is 10.1. The fraction of sp³-hybridized carbons (Fsp3) is 0.375. The summed E-state index contributed by atoms with van der Waals surface area (Å²) in [4.78, 5) is 0.860. The van der Waals surface area contributed by atoms with Crippen LogP contribution in [-0.4, -0.2) is 5.11 Å². The summed E-state index contributed by atoms with van der Waals surface area (Å²) >= 11 is 1.47. The Bertz CT molecular complexity index is 250. The first-order chi connectivity index (χ1) is 5.25. The molecule has 0 saturated carbocycles. The minimum atomic E-state index is -0.625. The van der Waals surface area contributed by atoms with E-state index in [1.54, 1.807) is 6.92 Å². The smallest absolute Gasteiger partial charge is 0.104 e. The molecule has 1 aromatic heterocycles. The van der Waals surface area contributed by atoms with Crippen molar-refractivity contribution < 1.29 is 5.11 Å². The third-order valence-electron chi connectivity index (χ3n) is 1.51. The Morgan fingerprint density at radius 3 is 2.91 bits per heavy atom. The van der Waals surface area contributed by atoms with Crippen LogP contribution in [0, 0.1) is 17.2 Å². The monoisotopic (exact) mass is 167 g/mol. The van der Waals surface area contributed by atoms with Crippen LogP contribution in [0.15, 0.2) is 17.5 Å². The molecule has 0 spiro atoms. The van der Waals surface area contributed by atoms with Gasteiger partial charge in [-0.1, -0.05) is 6.07 Å². The average Bonchev–Trinajstić information content (AvgIpc) is 2.53. The Hall–Kier alpha value is -0.850. The van der Waals surface area contributed by atoms with Crippen LogP contribution in [0.25, 0.3) is 0 Å². The number of aliphatic hydroxyl groups excluding tert-OH is 1. The molecule has 0 aliphatic rings. The average molecular weight is 167 g/mol. The molecule has 0 amide bonds. The minimum absolute atomic E-state index is 0.325. The highest BCUT2D eigenvalue weighted by Gasteiger charge is 2.15. The van der Waals surface area contributed by atoms with Gasteiger partial charge in [-0.25, -0.2) is 0 Å². The van der Waals surface area contributed by atoms with Gasteiger partial charge in [-0.2, -0.15) is 5.26 Å². The number of thiophene rings is 1. The van der Waals surface area contributed by atoms with Crippen LogP contribution in [0.2, 0.25) is 0 Å². The second-order valence-corrected chi connectivity index (χ2v) is 3.36. The fourth-order valence-electron chi connectivity index (χ4n) is 0.777. The highest BCUT2D eigenvalue weighted by Crippen LogP contribution is 2.24. The Balaban J connectivity index is 2.71. The highest BCUT2D eigenvalue weighted by atomic mass is 32.1. The molecule has 0 saturated heterocycles. The van der Waals surface area contributed by atoms with E-state index < -0.39 is 6.10 Å². The first-order valence-corrected chi connectivity index (χ1v) is 4.24. The van der Waals surface area contributed by atoms with Crippen LogP contribution in [0.5, 0.6) is 0 Å².